The Balaban J connectivity index is 1.68. The second-order valence-electron chi connectivity index (χ2n) is 8.17. The highest BCUT2D eigenvalue weighted by molar-refractivity contribution is 6.19. The lowest BCUT2D eigenvalue weighted by atomic mass is 9.97. The standard InChI is InChI=1S/C29H20FN3O3/c1-3-14-31-29(35)20-12-13-23-24(17-33(25(23)16-20)22-10-5-4-6-11-22)28(34)26-18(2)36-32-27(26)19-8-7-9-21(30)15-19/h1,4-13,15-17H,14H2,2H3,(H,31,35). The molecule has 6 nitrogen and oxygen atoms in total. The molecule has 0 aliphatic carbocycles. The number of amides is 1. The molecule has 0 spiro atoms. The Labute approximate surface area is 206 Å². The van der Waals surface area contributed by atoms with Crippen molar-refractivity contribution in [2.24, 2.45) is 0 Å². The number of aromatic nitrogens is 2. The SMILES string of the molecule is C#CCNC(=O)c1ccc2c(C(=O)c3c(-c4cccc(F)c4)noc3C)cn(-c3ccccc3)c2c1. The molecule has 1 N–H and O–H groups in total. The van der Waals surface area contributed by atoms with Crippen LogP contribution < -0.4 is 5.32 Å². The van der Waals surface area contributed by atoms with E-state index in [0.717, 1.165) is 5.69 Å². The molecule has 176 valence electrons. The highest BCUT2D eigenvalue weighted by Gasteiger charge is 2.26. The second-order valence-corrected chi connectivity index (χ2v) is 8.17. The lowest BCUT2D eigenvalue weighted by molar-refractivity contribution is 0.0958. The van der Waals surface area contributed by atoms with Gasteiger partial charge in [-0.3, -0.25) is 9.59 Å². The Hall–Kier alpha value is -4.96. The van der Waals surface area contributed by atoms with E-state index in [1.54, 1.807) is 43.5 Å². The summed E-state index contributed by atoms with van der Waals surface area (Å²) in [6.45, 7) is 1.75. The maximum absolute atomic E-state index is 13.9. The van der Waals surface area contributed by atoms with Crippen molar-refractivity contribution in [3.8, 4) is 29.3 Å². The molecule has 0 radical (unpaired) electrons. The zero-order valence-electron chi connectivity index (χ0n) is 19.3. The van der Waals surface area contributed by atoms with Crippen LogP contribution in [0.25, 0.3) is 27.8 Å². The largest absolute Gasteiger partial charge is 0.360 e. The number of fused-ring (bicyclic) bond motifs is 1. The summed E-state index contributed by atoms with van der Waals surface area (Å²) in [5.74, 6) is 1.63. The van der Waals surface area contributed by atoms with E-state index < -0.39 is 5.82 Å². The highest BCUT2D eigenvalue weighted by atomic mass is 19.1. The highest BCUT2D eigenvalue weighted by Crippen LogP contribution is 2.32. The van der Waals surface area contributed by atoms with E-state index >= 15 is 0 Å². The zero-order valence-corrected chi connectivity index (χ0v) is 19.3. The third kappa shape index (κ3) is 4.05. The Morgan fingerprint density at radius 3 is 2.64 bits per heavy atom. The molecular weight excluding hydrogens is 457 g/mol. The van der Waals surface area contributed by atoms with Crippen LogP contribution in [0.3, 0.4) is 0 Å². The molecule has 2 aromatic heterocycles. The first kappa shape index (κ1) is 22.8. The van der Waals surface area contributed by atoms with Gasteiger partial charge in [-0.25, -0.2) is 4.39 Å². The average Bonchev–Trinajstić information content (AvgIpc) is 3.48. The molecule has 0 unspecified atom stereocenters. The molecule has 5 rings (SSSR count). The predicted molar refractivity (Wildman–Crippen MR) is 135 cm³/mol. The number of carbonyl (C=O) groups is 2. The summed E-state index contributed by atoms with van der Waals surface area (Å²) in [5.41, 5.74) is 3.25. The minimum Gasteiger partial charge on any atom is -0.360 e. The van der Waals surface area contributed by atoms with Gasteiger partial charge in [0.15, 0.2) is 0 Å². The summed E-state index contributed by atoms with van der Waals surface area (Å²) >= 11 is 0. The second kappa shape index (κ2) is 9.35. The van der Waals surface area contributed by atoms with E-state index in [9.17, 15) is 14.0 Å². The summed E-state index contributed by atoms with van der Waals surface area (Å²) in [6.07, 6.45) is 6.99. The molecule has 0 aliphatic rings. The Kier molecular flexibility index (Phi) is 5.93. The van der Waals surface area contributed by atoms with Gasteiger partial charge in [-0.2, -0.15) is 0 Å². The molecule has 0 saturated carbocycles. The molecule has 0 saturated heterocycles. The summed E-state index contributed by atoms with van der Waals surface area (Å²) in [6, 6.07) is 20.4. The van der Waals surface area contributed by atoms with Crippen LogP contribution in [0.2, 0.25) is 0 Å². The average molecular weight is 477 g/mol. The van der Waals surface area contributed by atoms with Crippen LogP contribution in [0.4, 0.5) is 4.39 Å². The topological polar surface area (TPSA) is 77.1 Å². The van der Waals surface area contributed by atoms with Crippen molar-refractivity contribution in [2.75, 3.05) is 6.54 Å². The van der Waals surface area contributed by atoms with Crippen molar-refractivity contribution in [2.45, 2.75) is 6.92 Å². The van der Waals surface area contributed by atoms with E-state index in [2.05, 4.69) is 16.4 Å². The van der Waals surface area contributed by atoms with Gasteiger partial charge in [-0.05, 0) is 43.3 Å². The summed E-state index contributed by atoms with van der Waals surface area (Å²) in [5, 5.41) is 7.35. The van der Waals surface area contributed by atoms with Crippen molar-refractivity contribution >= 4 is 22.6 Å². The van der Waals surface area contributed by atoms with Crippen LogP contribution >= 0.6 is 0 Å². The predicted octanol–water partition coefficient (Wildman–Crippen LogP) is 5.33. The number of terminal acetylenes is 1. The van der Waals surface area contributed by atoms with Crippen LogP contribution in [0.15, 0.2) is 83.5 Å². The number of benzene rings is 3. The van der Waals surface area contributed by atoms with Crippen molar-refractivity contribution in [1.82, 2.24) is 15.0 Å². The summed E-state index contributed by atoms with van der Waals surface area (Å²) in [4.78, 5) is 26.5. The number of hydrogen-bond donors (Lipinski definition) is 1. The van der Waals surface area contributed by atoms with E-state index in [-0.39, 0.29) is 29.5 Å². The van der Waals surface area contributed by atoms with Gasteiger partial charge in [0, 0.05) is 34.0 Å². The first-order chi connectivity index (χ1) is 17.5. The normalized spacial score (nSPS) is 10.8. The molecule has 0 aliphatic heterocycles. The molecular formula is C29H20FN3O3. The van der Waals surface area contributed by atoms with Gasteiger partial charge in [-0.15, -0.1) is 6.42 Å². The Morgan fingerprint density at radius 2 is 1.89 bits per heavy atom. The van der Waals surface area contributed by atoms with Gasteiger partial charge in [0.25, 0.3) is 5.91 Å². The number of nitrogens with zero attached hydrogens (tertiary/aromatic N) is 2. The van der Waals surface area contributed by atoms with Crippen molar-refractivity contribution in [1.29, 1.82) is 0 Å². The maximum Gasteiger partial charge on any atom is 0.252 e. The van der Waals surface area contributed by atoms with Gasteiger partial charge < -0.3 is 14.4 Å². The monoisotopic (exact) mass is 477 g/mol. The summed E-state index contributed by atoms with van der Waals surface area (Å²) < 4.78 is 21.1. The van der Waals surface area contributed by atoms with Gasteiger partial charge >= 0.3 is 0 Å². The van der Waals surface area contributed by atoms with Crippen LogP contribution in [-0.4, -0.2) is 28.0 Å². The minimum absolute atomic E-state index is 0.107. The van der Waals surface area contributed by atoms with Crippen molar-refractivity contribution in [3.63, 3.8) is 0 Å². The third-order valence-electron chi connectivity index (χ3n) is 5.89. The Morgan fingerprint density at radius 1 is 1.08 bits per heavy atom. The molecule has 3 aromatic carbocycles. The molecule has 0 atom stereocenters. The zero-order chi connectivity index (χ0) is 25.2. The van der Waals surface area contributed by atoms with Gasteiger partial charge in [0.2, 0.25) is 5.78 Å². The smallest absolute Gasteiger partial charge is 0.252 e. The first-order valence-electron chi connectivity index (χ1n) is 11.2. The fourth-order valence-electron chi connectivity index (χ4n) is 4.19. The van der Waals surface area contributed by atoms with Gasteiger partial charge in [0.05, 0.1) is 17.6 Å². The number of aryl methyl sites for hydroxylation is 1. The van der Waals surface area contributed by atoms with Crippen LogP contribution in [0.5, 0.6) is 0 Å². The maximum atomic E-state index is 13.9. The summed E-state index contributed by atoms with van der Waals surface area (Å²) in [7, 11) is 0. The molecule has 0 fully saturated rings. The molecule has 5 aromatic rings. The third-order valence-corrected chi connectivity index (χ3v) is 5.89. The van der Waals surface area contributed by atoms with Crippen molar-refractivity contribution in [3.05, 3.63) is 107 Å². The van der Waals surface area contributed by atoms with E-state index in [1.165, 1.54) is 12.1 Å². The van der Waals surface area contributed by atoms with E-state index in [4.69, 9.17) is 10.9 Å². The first-order valence-corrected chi connectivity index (χ1v) is 11.2. The van der Waals surface area contributed by atoms with Crippen LogP contribution in [0.1, 0.15) is 32.0 Å². The van der Waals surface area contributed by atoms with Gasteiger partial charge in [-0.1, -0.05) is 47.5 Å². The number of carbonyl (C=O) groups excluding carboxylic acids is 2. The quantitative estimate of drug-likeness (QED) is 0.265. The van der Waals surface area contributed by atoms with Gasteiger partial charge in [0.1, 0.15) is 17.3 Å². The molecule has 1 amide bonds. The van der Waals surface area contributed by atoms with Crippen molar-refractivity contribution < 1.29 is 18.5 Å². The lowest BCUT2D eigenvalue weighted by Gasteiger charge is -2.07. The number of rotatable bonds is 6. The molecule has 7 heteroatoms. The van der Waals surface area contributed by atoms with Crippen LogP contribution in [-0.2, 0) is 0 Å². The minimum atomic E-state index is -0.442. The fraction of sp³-hybridized carbons (Fsp3) is 0.0690. The molecule has 2 heterocycles. The number of hydrogen-bond acceptors (Lipinski definition) is 4. The Bertz CT molecular complexity index is 1660. The number of halogens is 1. The number of para-hydroxylation sites is 1. The van der Waals surface area contributed by atoms with E-state index in [0.29, 0.717) is 33.4 Å². The number of nitrogens with one attached hydrogen (secondary N) is 1. The van der Waals surface area contributed by atoms with E-state index in [1.807, 2.05) is 34.9 Å². The lowest BCUT2D eigenvalue weighted by Crippen LogP contribution is -2.23. The molecule has 36 heavy (non-hydrogen) atoms. The fourth-order valence-corrected chi connectivity index (χ4v) is 4.19. The van der Waals surface area contributed by atoms with Crippen LogP contribution in [0, 0.1) is 25.1 Å². The number of ketones is 1. The molecule has 0 bridgehead atoms.